The molecular weight excluding hydrogens is 564 g/mol. The molecule has 0 unspecified atom stereocenters. The summed E-state index contributed by atoms with van der Waals surface area (Å²) in [5.41, 5.74) is 3.35. The van der Waals surface area contributed by atoms with Gasteiger partial charge in [0.15, 0.2) is 0 Å². The molecule has 9 nitrogen and oxygen atoms in total. The minimum Gasteiger partial charge on any atom is -0.508 e. The van der Waals surface area contributed by atoms with Crippen molar-refractivity contribution in [3.63, 3.8) is 0 Å². The predicted molar refractivity (Wildman–Crippen MR) is 176 cm³/mol. The zero-order valence-corrected chi connectivity index (χ0v) is 25.4. The van der Waals surface area contributed by atoms with E-state index in [9.17, 15) is 14.7 Å². The number of hydrogen-bond donors (Lipinski definition) is 6. The quantitative estimate of drug-likeness (QED) is 0.0922. The molecule has 9 heteroatoms. The smallest absolute Gasteiger partial charge is 0.251 e. The molecule has 1 heterocycles. The van der Waals surface area contributed by atoms with Crippen LogP contribution in [0.1, 0.15) is 58.7 Å². The van der Waals surface area contributed by atoms with Gasteiger partial charge in [0.1, 0.15) is 17.6 Å². The molecular formula is C36H40N6O3. The first-order valence-electron chi connectivity index (χ1n) is 15.3. The van der Waals surface area contributed by atoms with E-state index in [0.717, 1.165) is 33.3 Å². The topological polar surface area (TPSA) is 131 Å². The highest BCUT2D eigenvalue weighted by Crippen LogP contribution is 2.24. The molecule has 0 spiro atoms. The fourth-order valence-corrected chi connectivity index (χ4v) is 5.34. The highest BCUT2D eigenvalue weighted by atomic mass is 16.3. The lowest BCUT2D eigenvalue weighted by Crippen LogP contribution is -2.47. The molecule has 0 saturated heterocycles. The number of benzene rings is 4. The normalized spacial score (nSPS) is 12.5. The molecule has 2 amide bonds. The van der Waals surface area contributed by atoms with Gasteiger partial charge in [-0.05, 0) is 66.4 Å². The van der Waals surface area contributed by atoms with Crippen molar-refractivity contribution in [2.45, 2.75) is 51.5 Å². The average Bonchev–Trinajstić information content (AvgIpc) is 3.58. The number of phenols is 1. The summed E-state index contributed by atoms with van der Waals surface area (Å²) in [4.78, 5) is 34.2. The summed E-state index contributed by atoms with van der Waals surface area (Å²) in [7, 11) is 0. The third-order valence-corrected chi connectivity index (χ3v) is 7.82. The third kappa shape index (κ3) is 8.78. The van der Waals surface area contributed by atoms with Gasteiger partial charge in [-0.3, -0.25) is 9.59 Å². The van der Waals surface area contributed by atoms with E-state index in [1.54, 1.807) is 36.7 Å². The standard InChI is InChI=1S/C36H40N6O3/c1-25(30-12-6-10-27-8-2-4-11-31(27)30)41-36(45)32(13-7-19-37-23-29-9-3-5-14-33(29)43)42-35(44)28-17-15-26(16-18-28)22-38-24-34-39-20-21-40-34/h2-6,8-12,14-18,20-21,25,32,37-38,43H,7,13,19,22-24H2,1H3,(H,39,40)(H,41,45)(H,42,44)/t25-,32-/m0/s1. The number of phenolic OH excluding ortho intramolecular Hbond substituents is 1. The van der Waals surface area contributed by atoms with E-state index in [-0.39, 0.29) is 23.6 Å². The molecule has 232 valence electrons. The number of amides is 2. The predicted octanol–water partition coefficient (Wildman–Crippen LogP) is 5.10. The molecule has 5 rings (SSSR count). The van der Waals surface area contributed by atoms with Crippen molar-refractivity contribution in [3.8, 4) is 5.75 Å². The Morgan fingerprint density at radius 1 is 0.844 bits per heavy atom. The van der Waals surface area contributed by atoms with Crippen LogP contribution in [0.15, 0.2) is 103 Å². The van der Waals surface area contributed by atoms with Gasteiger partial charge in [-0.25, -0.2) is 4.98 Å². The molecule has 0 fully saturated rings. The molecule has 4 aromatic carbocycles. The second-order valence-corrected chi connectivity index (χ2v) is 11.1. The van der Waals surface area contributed by atoms with E-state index in [4.69, 9.17) is 0 Å². The van der Waals surface area contributed by atoms with Gasteiger partial charge < -0.3 is 31.4 Å². The Kier molecular flexibility index (Phi) is 10.9. The van der Waals surface area contributed by atoms with Crippen LogP contribution in [-0.2, 0) is 24.4 Å². The van der Waals surface area contributed by atoms with Crippen LogP contribution in [0, 0.1) is 0 Å². The number of imidazole rings is 1. The van der Waals surface area contributed by atoms with E-state index >= 15 is 0 Å². The molecule has 6 N–H and O–H groups in total. The van der Waals surface area contributed by atoms with E-state index in [2.05, 4.69) is 49.4 Å². The van der Waals surface area contributed by atoms with Gasteiger partial charge in [0.05, 0.1) is 12.6 Å². The Balaban J connectivity index is 1.21. The number of carbonyl (C=O) groups is 2. The maximum absolute atomic E-state index is 13.6. The zero-order chi connectivity index (χ0) is 31.4. The maximum Gasteiger partial charge on any atom is 0.251 e. The molecule has 45 heavy (non-hydrogen) atoms. The lowest BCUT2D eigenvalue weighted by Gasteiger charge is -2.23. The summed E-state index contributed by atoms with van der Waals surface area (Å²) in [5, 5.41) is 25.0. The molecule has 2 atom stereocenters. The first kappa shape index (κ1) is 31.4. The molecule has 0 bridgehead atoms. The Labute approximate surface area is 263 Å². The summed E-state index contributed by atoms with van der Waals surface area (Å²) in [6.45, 7) is 4.34. The van der Waals surface area contributed by atoms with Crippen molar-refractivity contribution in [1.82, 2.24) is 31.2 Å². The van der Waals surface area contributed by atoms with Gasteiger partial charge in [-0.2, -0.15) is 0 Å². The van der Waals surface area contributed by atoms with Crippen LogP contribution in [0.5, 0.6) is 5.75 Å². The van der Waals surface area contributed by atoms with Crippen molar-refractivity contribution in [2.75, 3.05) is 6.54 Å². The van der Waals surface area contributed by atoms with Crippen molar-refractivity contribution in [1.29, 1.82) is 0 Å². The van der Waals surface area contributed by atoms with E-state index in [0.29, 0.717) is 44.6 Å². The molecule has 0 aliphatic heterocycles. The average molecular weight is 605 g/mol. The number of hydrogen-bond acceptors (Lipinski definition) is 6. The number of fused-ring (bicyclic) bond motifs is 1. The van der Waals surface area contributed by atoms with Crippen molar-refractivity contribution >= 4 is 22.6 Å². The Morgan fingerprint density at radius 3 is 2.42 bits per heavy atom. The van der Waals surface area contributed by atoms with Gasteiger partial charge in [0.2, 0.25) is 5.91 Å². The molecule has 0 aliphatic rings. The number of carbonyl (C=O) groups excluding carboxylic acids is 2. The SMILES string of the molecule is C[C@H](NC(=O)[C@H](CCCNCc1ccccc1O)NC(=O)c1ccc(CNCc2ncc[nH]2)cc1)c1cccc2ccccc12. The fourth-order valence-electron chi connectivity index (χ4n) is 5.34. The van der Waals surface area contributed by atoms with Crippen molar-refractivity contribution in [2.24, 2.45) is 0 Å². The monoisotopic (exact) mass is 604 g/mol. The molecule has 0 aliphatic carbocycles. The summed E-state index contributed by atoms with van der Waals surface area (Å²) >= 11 is 0. The second kappa shape index (κ2) is 15.7. The van der Waals surface area contributed by atoms with Gasteiger partial charge in [0.25, 0.3) is 5.91 Å². The Morgan fingerprint density at radius 2 is 1.62 bits per heavy atom. The highest BCUT2D eigenvalue weighted by molar-refractivity contribution is 5.97. The molecule has 1 aromatic heterocycles. The number of H-pyrrole nitrogens is 1. The number of aromatic hydroxyl groups is 1. The van der Waals surface area contributed by atoms with Crippen LogP contribution in [0.2, 0.25) is 0 Å². The third-order valence-electron chi connectivity index (χ3n) is 7.82. The van der Waals surface area contributed by atoms with Crippen molar-refractivity contribution in [3.05, 3.63) is 131 Å². The highest BCUT2D eigenvalue weighted by Gasteiger charge is 2.23. The van der Waals surface area contributed by atoms with Crippen LogP contribution in [0.3, 0.4) is 0 Å². The van der Waals surface area contributed by atoms with Gasteiger partial charge in [-0.1, -0.05) is 72.8 Å². The fraction of sp³-hybridized carbons (Fsp3) is 0.250. The second-order valence-electron chi connectivity index (χ2n) is 11.1. The minimum atomic E-state index is -0.725. The Bertz CT molecular complexity index is 1680. The number of nitrogens with zero attached hydrogens (tertiary/aromatic N) is 1. The first-order chi connectivity index (χ1) is 22.0. The number of aromatic amines is 1. The number of aromatic nitrogens is 2. The van der Waals surface area contributed by atoms with Gasteiger partial charge >= 0.3 is 0 Å². The number of rotatable bonds is 15. The Hall–Kier alpha value is -4.99. The first-order valence-corrected chi connectivity index (χ1v) is 15.3. The minimum absolute atomic E-state index is 0.233. The van der Waals surface area contributed by atoms with E-state index in [1.165, 1.54) is 0 Å². The van der Waals surface area contributed by atoms with Gasteiger partial charge in [0, 0.05) is 36.6 Å². The maximum atomic E-state index is 13.6. The summed E-state index contributed by atoms with van der Waals surface area (Å²) in [6, 6.07) is 27.8. The molecule has 5 aromatic rings. The zero-order valence-electron chi connectivity index (χ0n) is 25.4. The van der Waals surface area contributed by atoms with Crippen LogP contribution in [0.25, 0.3) is 10.8 Å². The van der Waals surface area contributed by atoms with Crippen LogP contribution in [0.4, 0.5) is 0 Å². The lowest BCUT2D eigenvalue weighted by molar-refractivity contribution is -0.123. The van der Waals surface area contributed by atoms with E-state index < -0.39 is 6.04 Å². The van der Waals surface area contributed by atoms with E-state index in [1.807, 2.05) is 55.5 Å². The summed E-state index contributed by atoms with van der Waals surface area (Å²) in [6.07, 6.45) is 4.60. The number of para-hydroxylation sites is 1. The largest absolute Gasteiger partial charge is 0.508 e. The van der Waals surface area contributed by atoms with Crippen LogP contribution >= 0.6 is 0 Å². The molecule has 0 saturated carbocycles. The van der Waals surface area contributed by atoms with Gasteiger partial charge in [-0.15, -0.1) is 0 Å². The number of nitrogens with one attached hydrogen (secondary N) is 5. The van der Waals surface area contributed by atoms with Crippen LogP contribution in [-0.4, -0.2) is 39.5 Å². The van der Waals surface area contributed by atoms with Crippen LogP contribution < -0.4 is 21.3 Å². The summed E-state index contributed by atoms with van der Waals surface area (Å²) < 4.78 is 0. The summed E-state index contributed by atoms with van der Waals surface area (Å²) in [5.74, 6) is 0.572. The van der Waals surface area contributed by atoms with Crippen molar-refractivity contribution < 1.29 is 14.7 Å². The molecule has 0 radical (unpaired) electrons. The lowest BCUT2D eigenvalue weighted by atomic mass is 9.99.